The van der Waals surface area contributed by atoms with Gasteiger partial charge in [0, 0.05) is 17.1 Å². The quantitative estimate of drug-likeness (QED) is 0.132. The summed E-state index contributed by atoms with van der Waals surface area (Å²) in [5, 5.41) is 23.6. The lowest BCUT2D eigenvalue weighted by atomic mass is 9.85. The highest BCUT2D eigenvalue weighted by atomic mass is 31.1. The Bertz CT molecular complexity index is 1320. The van der Waals surface area contributed by atoms with E-state index in [2.05, 4.69) is 92.7 Å². The van der Waals surface area contributed by atoms with E-state index in [1.807, 2.05) is 25.1 Å². The molecule has 2 nitrogen and oxygen atoms in total. The maximum Gasteiger partial charge on any atom is 0.123 e. The Morgan fingerprint density at radius 1 is 0.744 bits per heavy atom. The summed E-state index contributed by atoms with van der Waals surface area (Å²) in [6.45, 7) is 6.36. The van der Waals surface area contributed by atoms with Crippen molar-refractivity contribution in [1.82, 2.24) is 0 Å². The molecule has 0 spiro atoms. The van der Waals surface area contributed by atoms with E-state index in [0.29, 0.717) is 20.8 Å². The molecular formula is C36H43O2P. The third kappa shape index (κ3) is 7.38. The third-order valence-electron chi connectivity index (χ3n) is 7.85. The molecule has 3 unspecified atom stereocenters. The summed E-state index contributed by atoms with van der Waals surface area (Å²) in [7, 11) is 0.451. The zero-order valence-electron chi connectivity index (χ0n) is 23.7. The number of rotatable bonds is 13. The van der Waals surface area contributed by atoms with Gasteiger partial charge in [0.25, 0.3) is 0 Å². The summed E-state index contributed by atoms with van der Waals surface area (Å²) in [5.74, 6) is 0.441. The van der Waals surface area contributed by atoms with Crippen molar-refractivity contribution in [2.45, 2.75) is 77.0 Å². The molecule has 3 heteroatoms. The first-order valence-corrected chi connectivity index (χ1v) is 15.4. The molecule has 4 aromatic rings. The number of aliphatic hydroxyl groups is 1. The van der Waals surface area contributed by atoms with Crippen LogP contribution in [-0.2, 0) is 18.0 Å². The van der Waals surface area contributed by atoms with Gasteiger partial charge in [-0.2, -0.15) is 0 Å². The molecule has 0 saturated carbocycles. The molecule has 0 saturated heterocycles. The van der Waals surface area contributed by atoms with Crippen molar-refractivity contribution in [3.8, 4) is 5.75 Å². The lowest BCUT2D eigenvalue weighted by Crippen LogP contribution is -2.25. The lowest BCUT2D eigenvalue weighted by molar-refractivity contribution is 0.200. The monoisotopic (exact) mass is 538 g/mol. The second-order valence-electron chi connectivity index (χ2n) is 10.8. The highest BCUT2D eigenvalue weighted by Gasteiger charge is 2.35. The molecule has 4 rings (SSSR count). The van der Waals surface area contributed by atoms with Gasteiger partial charge >= 0.3 is 0 Å². The van der Waals surface area contributed by atoms with Crippen molar-refractivity contribution in [3.05, 3.63) is 130 Å². The van der Waals surface area contributed by atoms with E-state index in [-0.39, 0.29) is 5.16 Å². The minimum absolute atomic E-state index is 0.206. The second kappa shape index (κ2) is 13.9. The van der Waals surface area contributed by atoms with E-state index in [9.17, 15) is 10.2 Å². The Balaban J connectivity index is 1.86. The normalized spacial score (nSPS) is 13.9. The first-order chi connectivity index (χ1) is 19.0. The van der Waals surface area contributed by atoms with Crippen LogP contribution >= 0.6 is 8.58 Å². The number of phenolic OH excluding ortho intramolecular Hbond substituents is 1. The van der Waals surface area contributed by atoms with Crippen LogP contribution in [0.2, 0.25) is 0 Å². The lowest BCUT2D eigenvalue weighted by Gasteiger charge is -2.36. The highest BCUT2D eigenvalue weighted by molar-refractivity contribution is 7.48. The molecular weight excluding hydrogens is 495 g/mol. The average Bonchev–Trinajstić information content (AvgIpc) is 2.95. The predicted molar refractivity (Wildman–Crippen MR) is 168 cm³/mol. The van der Waals surface area contributed by atoms with Crippen molar-refractivity contribution in [2.75, 3.05) is 0 Å². The number of benzene rings is 4. The zero-order valence-corrected chi connectivity index (χ0v) is 24.7. The number of aliphatic hydroxyl groups excluding tert-OH is 1. The smallest absolute Gasteiger partial charge is 0.123 e. The van der Waals surface area contributed by atoms with Crippen LogP contribution < -0.4 is 5.30 Å². The predicted octanol–water partition coefficient (Wildman–Crippen LogP) is 8.82. The molecule has 0 amide bonds. The maximum absolute atomic E-state index is 12.0. The number of hydrogen-bond donors (Lipinski definition) is 2. The molecule has 204 valence electrons. The number of phenols is 1. The topological polar surface area (TPSA) is 40.5 Å². The second-order valence-corrected chi connectivity index (χ2v) is 12.5. The molecule has 0 fully saturated rings. The van der Waals surface area contributed by atoms with E-state index in [1.54, 1.807) is 0 Å². The number of aromatic hydroxyl groups is 1. The maximum atomic E-state index is 12.0. The van der Waals surface area contributed by atoms with Gasteiger partial charge < -0.3 is 10.2 Å². The fraction of sp³-hybridized carbons (Fsp3) is 0.333. The molecule has 0 radical (unpaired) electrons. The first kappa shape index (κ1) is 29.1. The van der Waals surface area contributed by atoms with Crippen LogP contribution in [0.15, 0.2) is 97.1 Å². The standard InChI is InChI=1S/C36H43O2P/c1-4-6-15-22-36(5-2,39-34-21-14-13-20-32(34)27(3)37)33-26-30(23-28-16-9-7-10-17-28)25-31(35(33)38)24-29-18-11-8-12-19-29/h7-14,16-21,25-27,37-39H,4-6,15,22-24H2,1-3H3. The van der Waals surface area contributed by atoms with Gasteiger partial charge in [0.1, 0.15) is 5.75 Å². The van der Waals surface area contributed by atoms with Gasteiger partial charge in [-0.25, -0.2) is 0 Å². The fourth-order valence-electron chi connectivity index (χ4n) is 5.64. The van der Waals surface area contributed by atoms with E-state index < -0.39 is 6.10 Å². The summed E-state index contributed by atoms with van der Waals surface area (Å²) in [4.78, 5) is 0. The van der Waals surface area contributed by atoms with Crippen LogP contribution in [0, 0.1) is 0 Å². The van der Waals surface area contributed by atoms with Crippen LogP contribution in [0.1, 0.15) is 92.4 Å². The fourth-order valence-corrected chi connectivity index (χ4v) is 7.57. The molecule has 3 atom stereocenters. The first-order valence-electron chi connectivity index (χ1n) is 14.4. The van der Waals surface area contributed by atoms with Crippen molar-refractivity contribution in [1.29, 1.82) is 0 Å². The van der Waals surface area contributed by atoms with Gasteiger partial charge in [-0.05, 0) is 59.3 Å². The SMILES string of the molecule is CCCCCC(CC)(Pc1ccccc1C(C)O)c1cc(Cc2ccccc2)cc(Cc2ccccc2)c1O. The molecule has 2 N–H and O–H groups in total. The van der Waals surface area contributed by atoms with Crippen molar-refractivity contribution in [2.24, 2.45) is 0 Å². The Morgan fingerprint density at radius 2 is 1.36 bits per heavy atom. The van der Waals surface area contributed by atoms with Crippen LogP contribution in [0.4, 0.5) is 0 Å². The van der Waals surface area contributed by atoms with Crippen molar-refractivity contribution in [3.63, 3.8) is 0 Å². The van der Waals surface area contributed by atoms with Gasteiger partial charge in [0.05, 0.1) is 6.10 Å². The summed E-state index contributed by atoms with van der Waals surface area (Å²) in [6, 6.07) is 33.8. The molecule has 39 heavy (non-hydrogen) atoms. The minimum atomic E-state index is -0.523. The third-order valence-corrected chi connectivity index (χ3v) is 9.92. The molecule has 0 bridgehead atoms. The average molecular weight is 539 g/mol. The Hall–Kier alpha value is -2.93. The minimum Gasteiger partial charge on any atom is -0.507 e. The molecule has 0 aliphatic carbocycles. The molecule has 0 heterocycles. The Labute approximate surface area is 236 Å². The van der Waals surface area contributed by atoms with Crippen molar-refractivity contribution < 1.29 is 10.2 Å². The number of hydrogen-bond acceptors (Lipinski definition) is 2. The van der Waals surface area contributed by atoms with Crippen LogP contribution in [0.5, 0.6) is 5.75 Å². The largest absolute Gasteiger partial charge is 0.507 e. The van der Waals surface area contributed by atoms with E-state index in [0.717, 1.165) is 48.8 Å². The summed E-state index contributed by atoms with van der Waals surface area (Å²) < 4.78 is 0. The van der Waals surface area contributed by atoms with Gasteiger partial charge in [0.15, 0.2) is 0 Å². The van der Waals surface area contributed by atoms with E-state index in [1.165, 1.54) is 28.4 Å². The Morgan fingerprint density at radius 3 is 1.97 bits per heavy atom. The van der Waals surface area contributed by atoms with Gasteiger partial charge in [-0.15, -0.1) is 0 Å². The molecule has 4 aromatic carbocycles. The van der Waals surface area contributed by atoms with Crippen LogP contribution in [-0.4, -0.2) is 10.2 Å². The van der Waals surface area contributed by atoms with Gasteiger partial charge in [0.2, 0.25) is 0 Å². The van der Waals surface area contributed by atoms with E-state index >= 15 is 0 Å². The molecule has 0 aliphatic heterocycles. The van der Waals surface area contributed by atoms with Crippen LogP contribution in [0.3, 0.4) is 0 Å². The van der Waals surface area contributed by atoms with Crippen LogP contribution in [0.25, 0.3) is 0 Å². The summed E-state index contributed by atoms with van der Waals surface area (Å²) in [5.41, 5.74) is 6.77. The Kier molecular flexibility index (Phi) is 10.4. The highest BCUT2D eigenvalue weighted by Crippen LogP contribution is 2.52. The zero-order chi connectivity index (χ0) is 27.7. The van der Waals surface area contributed by atoms with Gasteiger partial charge in [-0.1, -0.05) is 139 Å². The molecule has 0 aliphatic rings. The van der Waals surface area contributed by atoms with E-state index in [4.69, 9.17) is 0 Å². The van der Waals surface area contributed by atoms with Gasteiger partial charge in [-0.3, -0.25) is 0 Å². The number of unbranched alkanes of at least 4 members (excludes halogenated alkanes) is 2. The summed E-state index contributed by atoms with van der Waals surface area (Å²) >= 11 is 0. The summed E-state index contributed by atoms with van der Waals surface area (Å²) in [6.07, 6.45) is 6.39. The van der Waals surface area contributed by atoms with Crippen molar-refractivity contribution >= 4 is 13.9 Å². The molecule has 0 aromatic heterocycles.